The zero-order chi connectivity index (χ0) is 12.9. The summed E-state index contributed by atoms with van der Waals surface area (Å²) >= 11 is 0. The lowest BCUT2D eigenvalue weighted by Gasteiger charge is -2.23. The van der Waals surface area contributed by atoms with Crippen molar-refractivity contribution in [2.45, 2.75) is 39.2 Å². The summed E-state index contributed by atoms with van der Waals surface area (Å²) in [6.45, 7) is 6.48. The summed E-state index contributed by atoms with van der Waals surface area (Å²) in [4.78, 5) is 23.1. The third-order valence-corrected chi connectivity index (χ3v) is 2.65. The molecule has 1 fully saturated rings. The smallest absolute Gasteiger partial charge is 0.331 e. The molecule has 0 bridgehead atoms. The Morgan fingerprint density at radius 1 is 1.33 bits per heavy atom. The van der Waals surface area contributed by atoms with Gasteiger partial charge >= 0.3 is 5.97 Å². The first-order chi connectivity index (χ1) is 7.95. The van der Waals surface area contributed by atoms with Gasteiger partial charge in [-0.3, -0.25) is 4.79 Å². The van der Waals surface area contributed by atoms with Crippen molar-refractivity contribution < 1.29 is 14.3 Å². The molecule has 0 saturated heterocycles. The number of hydrogen-bond donors (Lipinski definition) is 2. The Labute approximate surface area is 114 Å². The second-order valence-electron chi connectivity index (χ2n) is 4.97. The number of carbonyl (C=O) groups is 2. The fourth-order valence-corrected chi connectivity index (χ4v) is 1.47. The van der Waals surface area contributed by atoms with E-state index in [1.165, 1.54) is 12.8 Å². The molecule has 18 heavy (non-hydrogen) atoms. The summed E-state index contributed by atoms with van der Waals surface area (Å²) in [6.07, 6.45) is 2.51. The van der Waals surface area contributed by atoms with Crippen LogP contribution in [0.4, 0.5) is 0 Å². The van der Waals surface area contributed by atoms with E-state index in [0.717, 1.165) is 12.5 Å². The van der Waals surface area contributed by atoms with Crippen LogP contribution in [0, 0.1) is 5.92 Å². The maximum Gasteiger partial charge on any atom is 0.331 e. The van der Waals surface area contributed by atoms with Crippen LogP contribution in [0.1, 0.15) is 33.6 Å². The number of esters is 1. The van der Waals surface area contributed by atoms with E-state index >= 15 is 0 Å². The highest BCUT2D eigenvalue weighted by atomic mass is 35.5. The highest BCUT2D eigenvalue weighted by Crippen LogP contribution is 2.27. The van der Waals surface area contributed by atoms with Crippen LogP contribution in [-0.2, 0) is 14.3 Å². The molecule has 0 spiro atoms. The number of ether oxygens (including phenoxy) is 1. The largest absolute Gasteiger partial charge is 0.464 e. The molecule has 1 rings (SSSR count). The first-order valence-electron chi connectivity index (χ1n) is 6.14. The normalized spacial score (nSPS) is 14.6. The minimum absolute atomic E-state index is 0. The topological polar surface area (TPSA) is 67.4 Å². The highest BCUT2D eigenvalue weighted by Gasteiger charge is 2.30. The van der Waals surface area contributed by atoms with Crippen molar-refractivity contribution in [3.63, 3.8) is 0 Å². The van der Waals surface area contributed by atoms with Gasteiger partial charge in [0.1, 0.15) is 5.54 Å². The lowest BCUT2D eigenvalue weighted by molar-refractivity contribution is -0.151. The van der Waals surface area contributed by atoms with E-state index in [4.69, 9.17) is 4.74 Å². The molecule has 1 aliphatic carbocycles. The maximum atomic E-state index is 11.6. The van der Waals surface area contributed by atoms with Gasteiger partial charge in [0.2, 0.25) is 5.91 Å². The Morgan fingerprint density at radius 3 is 2.44 bits per heavy atom. The molecule has 1 amide bonds. The van der Waals surface area contributed by atoms with Crippen molar-refractivity contribution in [1.29, 1.82) is 0 Å². The highest BCUT2D eigenvalue weighted by molar-refractivity contribution is 5.88. The molecular weight excluding hydrogens is 256 g/mol. The van der Waals surface area contributed by atoms with E-state index in [9.17, 15) is 9.59 Å². The first-order valence-corrected chi connectivity index (χ1v) is 6.14. The molecule has 1 saturated carbocycles. The SMILES string of the molecule is CCOC(=O)C(C)(C)NC(=O)CNCC1CC1.Cl. The molecule has 0 aliphatic heterocycles. The molecule has 106 valence electrons. The molecule has 0 aromatic heterocycles. The third kappa shape index (κ3) is 6.21. The van der Waals surface area contributed by atoms with E-state index in [2.05, 4.69) is 10.6 Å². The van der Waals surface area contributed by atoms with Crippen LogP contribution in [0.5, 0.6) is 0 Å². The standard InChI is InChI=1S/C12H22N2O3.ClH/c1-4-17-11(16)12(2,3)14-10(15)8-13-7-9-5-6-9;/h9,13H,4-8H2,1-3H3,(H,14,15);1H. The molecule has 0 radical (unpaired) electrons. The van der Waals surface area contributed by atoms with Gasteiger partial charge in [-0.05, 0) is 46.1 Å². The van der Waals surface area contributed by atoms with Gasteiger partial charge in [-0.15, -0.1) is 12.4 Å². The summed E-state index contributed by atoms with van der Waals surface area (Å²) in [7, 11) is 0. The quantitative estimate of drug-likeness (QED) is 0.678. The Morgan fingerprint density at radius 2 is 1.94 bits per heavy atom. The number of carbonyl (C=O) groups excluding carboxylic acids is 2. The van der Waals surface area contributed by atoms with E-state index in [0.29, 0.717) is 6.61 Å². The summed E-state index contributed by atoms with van der Waals surface area (Å²) in [5.41, 5.74) is -0.964. The molecule has 0 heterocycles. The number of hydrogen-bond acceptors (Lipinski definition) is 4. The summed E-state index contributed by atoms with van der Waals surface area (Å²) in [5, 5.41) is 5.74. The predicted molar refractivity (Wildman–Crippen MR) is 71.7 cm³/mol. The van der Waals surface area contributed by atoms with Crippen molar-refractivity contribution in [2.75, 3.05) is 19.7 Å². The zero-order valence-corrected chi connectivity index (χ0v) is 12.1. The molecule has 6 heteroatoms. The van der Waals surface area contributed by atoms with Crippen LogP contribution in [0.2, 0.25) is 0 Å². The Bertz CT molecular complexity index is 291. The first kappa shape index (κ1) is 17.2. The minimum Gasteiger partial charge on any atom is -0.464 e. The van der Waals surface area contributed by atoms with E-state index in [1.54, 1.807) is 20.8 Å². The van der Waals surface area contributed by atoms with Crippen molar-refractivity contribution in [3.8, 4) is 0 Å². The van der Waals surface area contributed by atoms with Crippen molar-refractivity contribution >= 4 is 24.3 Å². The summed E-state index contributed by atoms with van der Waals surface area (Å²) in [5.74, 6) is 0.153. The van der Waals surface area contributed by atoms with E-state index < -0.39 is 11.5 Å². The second kappa shape index (κ2) is 7.59. The van der Waals surface area contributed by atoms with Gasteiger partial charge in [0.25, 0.3) is 0 Å². The van der Waals surface area contributed by atoms with Crippen molar-refractivity contribution in [2.24, 2.45) is 5.92 Å². The van der Waals surface area contributed by atoms with Crippen LogP contribution in [-0.4, -0.2) is 37.1 Å². The van der Waals surface area contributed by atoms with Gasteiger partial charge in [-0.1, -0.05) is 0 Å². The van der Waals surface area contributed by atoms with Crippen molar-refractivity contribution in [3.05, 3.63) is 0 Å². The van der Waals surface area contributed by atoms with Crippen LogP contribution in [0.25, 0.3) is 0 Å². The Hall–Kier alpha value is -0.810. The van der Waals surface area contributed by atoms with Gasteiger partial charge in [0, 0.05) is 0 Å². The van der Waals surface area contributed by atoms with Gasteiger partial charge in [0.05, 0.1) is 13.2 Å². The van der Waals surface area contributed by atoms with Crippen LogP contribution < -0.4 is 10.6 Å². The van der Waals surface area contributed by atoms with Crippen LogP contribution >= 0.6 is 12.4 Å². The average molecular weight is 279 g/mol. The minimum atomic E-state index is -0.964. The second-order valence-corrected chi connectivity index (χ2v) is 4.97. The lowest BCUT2D eigenvalue weighted by atomic mass is 10.1. The van der Waals surface area contributed by atoms with Crippen molar-refractivity contribution in [1.82, 2.24) is 10.6 Å². The number of rotatable bonds is 7. The van der Waals surface area contributed by atoms with E-state index in [1.807, 2.05) is 0 Å². The monoisotopic (exact) mass is 278 g/mol. The van der Waals surface area contributed by atoms with Crippen LogP contribution in [0.3, 0.4) is 0 Å². The Balaban J connectivity index is 0.00000289. The summed E-state index contributed by atoms with van der Waals surface area (Å²) < 4.78 is 4.89. The molecule has 0 unspecified atom stereocenters. The van der Waals surface area contributed by atoms with E-state index in [-0.39, 0.29) is 24.9 Å². The van der Waals surface area contributed by atoms with Gasteiger partial charge in [-0.25, -0.2) is 4.79 Å². The fraction of sp³-hybridized carbons (Fsp3) is 0.833. The predicted octanol–water partition coefficient (Wildman–Crippen LogP) is 0.866. The molecule has 5 nitrogen and oxygen atoms in total. The average Bonchev–Trinajstić information content (AvgIpc) is 3.01. The van der Waals surface area contributed by atoms with Crippen LogP contribution in [0.15, 0.2) is 0 Å². The fourth-order valence-electron chi connectivity index (χ4n) is 1.47. The molecule has 1 aliphatic rings. The number of halogens is 1. The molecule has 0 aromatic rings. The zero-order valence-electron chi connectivity index (χ0n) is 11.2. The number of amides is 1. The van der Waals surface area contributed by atoms with Gasteiger partial charge in [-0.2, -0.15) is 0 Å². The summed E-state index contributed by atoms with van der Waals surface area (Å²) in [6, 6.07) is 0. The van der Waals surface area contributed by atoms with Gasteiger partial charge in [0.15, 0.2) is 0 Å². The maximum absolute atomic E-state index is 11.6. The molecule has 0 aromatic carbocycles. The van der Waals surface area contributed by atoms with Gasteiger partial charge < -0.3 is 15.4 Å². The number of nitrogens with one attached hydrogen (secondary N) is 2. The molecule has 2 N–H and O–H groups in total. The lowest BCUT2D eigenvalue weighted by Crippen LogP contribution is -2.52. The molecule has 0 atom stereocenters. The Kier molecular flexibility index (Phi) is 7.25. The third-order valence-electron chi connectivity index (χ3n) is 2.65. The molecular formula is C12H23ClN2O3.